The summed E-state index contributed by atoms with van der Waals surface area (Å²) in [4.78, 5) is 21.0. The maximum atomic E-state index is 12.6. The van der Waals surface area contributed by atoms with Crippen molar-refractivity contribution in [3.05, 3.63) is 48.4 Å². The van der Waals surface area contributed by atoms with Gasteiger partial charge in [-0.2, -0.15) is 5.10 Å². The molecule has 3 aromatic heterocycles. The molecule has 0 aliphatic heterocycles. The summed E-state index contributed by atoms with van der Waals surface area (Å²) in [5, 5.41) is 7.29. The van der Waals surface area contributed by atoms with Gasteiger partial charge in [0.15, 0.2) is 5.65 Å². The molecule has 7 nitrogen and oxygen atoms in total. The van der Waals surface area contributed by atoms with Gasteiger partial charge in [-0.25, -0.2) is 14.5 Å². The Labute approximate surface area is 134 Å². The molecule has 3 aromatic rings. The van der Waals surface area contributed by atoms with Crippen molar-refractivity contribution in [2.75, 3.05) is 0 Å². The molecule has 0 aliphatic rings. The third-order valence-corrected chi connectivity index (χ3v) is 3.82. The molecule has 0 unspecified atom stereocenters. The lowest BCUT2D eigenvalue weighted by Gasteiger charge is -2.22. The van der Waals surface area contributed by atoms with Crippen LogP contribution in [0.1, 0.15) is 29.8 Å². The largest absolute Gasteiger partial charge is 0.347 e. The molecule has 7 heteroatoms. The average molecular weight is 312 g/mol. The van der Waals surface area contributed by atoms with Gasteiger partial charge in [-0.05, 0) is 18.4 Å². The number of carbonyl (C=O) groups is 1. The van der Waals surface area contributed by atoms with Crippen LogP contribution in [0.5, 0.6) is 0 Å². The number of aromatic nitrogens is 5. The Kier molecular flexibility index (Phi) is 4.10. The zero-order valence-electron chi connectivity index (χ0n) is 13.5. The van der Waals surface area contributed by atoms with E-state index in [2.05, 4.69) is 34.2 Å². The summed E-state index contributed by atoms with van der Waals surface area (Å²) < 4.78 is 3.59. The number of fused-ring (bicyclic) bond motifs is 1. The summed E-state index contributed by atoms with van der Waals surface area (Å²) in [7, 11) is 0. The summed E-state index contributed by atoms with van der Waals surface area (Å²) in [6.07, 6.45) is 10.5. The number of aryl methyl sites for hydroxylation is 1. The van der Waals surface area contributed by atoms with Crippen LogP contribution in [0, 0.1) is 12.8 Å². The van der Waals surface area contributed by atoms with Gasteiger partial charge in [0.1, 0.15) is 5.56 Å². The molecule has 120 valence electrons. The van der Waals surface area contributed by atoms with E-state index >= 15 is 0 Å². The second-order valence-electron chi connectivity index (χ2n) is 6.04. The molecule has 0 spiro atoms. The van der Waals surface area contributed by atoms with Crippen molar-refractivity contribution < 1.29 is 4.79 Å². The smallest absolute Gasteiger partial charge is 0.257 e. The number of rotatable bonds is 5. The van der Waals surface area contributed by atoms with E-state index in [4.69, 9.17) is 0 Å². The fourth-order valence-electron chi connectivity index (χ4n) is 2.42. The molecule has 0 fully saturated rings. The predicted octanol–water partition coefficient (Wildman–Crippen LogP) is 1.69. The molecule has 0 radical (unpaired) electrons. The molecule has 1 atom stereocenters. The molecule has 0 aliphatic carbocycles. The van der Waals surface area contributed by atoms with Gasteiger partial charge in [-0.15, -0.1) is 0 Å². The number of carbonyl (C=O) groups excluding carboxylic acids is 1. The lowest BCUT2D eigenvalue weighted by atomic mass is 10.0. The van der Waals surface area contributed by atoms with E-state index in [0.29, 0.717) is 23.7 Å². The van der Waals surface area contributed by atoms with Crippen LogP contribution in [-0.2, 0) is 6.54 Å². The molecule has 23 heavy (non-hydrogen) atoms. The van der Waals surface area contributed by atoms with Crippen LogP contribution in [0.3, 0.4) is 0 Å². The minimum Gasteiger partial charge on any atom is -0.347 e. The van der Waals surface area contributed by atoms with Crippen LogP contribution < -0.4 is 5.32 Å². The molecule has 3 heterocycles. The Bertz CT molecular complexity index is 805. The Hall–Kier alpha value is -2.70. The van der Waals surface area contributed by atoms with Gasteiger partial charge >= 0.3 is 0 Å². The first-order chi connectivity index (χ1) is 11.0. The van der Waals surface area contributed by atoms with Crippen molar-refractivity contribution in [3.63, 3.8) is 0 Å². The molecule has 3 rings (SSSR count). The molecule has 0 saturated heterocycles. The van der Waals surface area contributed by atoms with Crippen molar-refractivity contribution >= 4 is 11.6 Å². The van der Waals surface area contributed by atoms with Crippen molar-refractivity contribution in [2.45, 2.75) is 33.4 Å². The van der Waals surface area contributed by atoms with Crippen LogP contribution in [0.4, 0.5) is 0 Å². The minimum absolute atomic E-state index is 0.00269. The van der Waals surface area contributed by atoms with E-state index < -0.39 is 0 Å². The number of nitrogens with one attached hydrogen (secondary N) is 1. The van der Waals surface area contributed by atoms with Gasteiger partial charge in [0, 0.05) is 37.4 Å². The van der Waals surface area contributed by atoms with Gasteiger partial charge in [0.05, 0.1) is 12.5 Å². The van der Waals surface area contributed by atoms with E-state index in [0.717, 1.165) is 5.56 Å². The maximum absolute atomic E-state index is 12.6. The Morgan fingerprint density at radius 1 is 1.35 bits per heavy atom. The van der Waals surface area contributed by atoms with Crippen molar-refractivity contribution in [1.82, 2.24) is 29.5 Å². The van der Waals surface area contributed by atoms with Crippen LogP contribution in [0.25, 0.3) is 5.65 Å². The molecule has 0 aromatic carbocycles. The maximum Gasteiger partial charge on any atom is 0.257 e. The van der Waals surface area contributed by atoms with E-state index in [1.54, 1.807) is 29.4 Å². The van der Waals surface area contributed by atoms with Crippen molar-refractivity contribution in [3.8, 4) is 0 Å². The minimum atomic E-state index is -0.157. The molecule has 1 N–H and O–H groups in total. The molecule has 0 saturated carbocycles. The highest BCUT2D eigenvalue weighted by Crippen LogP contribution is 2.11. The predicted molar refractivity (Wildman–Crippen MR) is 86.0 cm³/mol. The summed E-state index contributed by atoms with van der Waals surface area (Å²) >= 11 is 0. The zero-order valence-corrected chi connectivity index (χ0v) is 13.5. The van der Waals surface area contributed by atoms with Gasteiger partial charge in [-0.1, -0.05) is 13.8 Å². The second kappa shape index (κ2) is 6.20. The van der Waals surface area contributed by atoms with E-state index in [9.17, 15) is 4.79 Å². The summed E-state index contributed by atoms with van der Waals surface area (Å²) in [5.74, 6) is 0.133. The standard InChI is InChI=1S/C16H20N6O/c1-11(2)14(9-21-5-4-17-10-21)20-16(23)13-7-19-22-8-12(3)6-18-15(13)22/h4-8,10-11,14H,9H2,1-3H3,(H,20,23)/t14-/m1/s1. The van der Waals surface area contributed by atoms with Crippen LogP contribution >= 0.6 is 0 Å². The fourth-order valence-corrected chi connectivity index (χ4v) is 2.42. The van der Waals surface area contributed by atoms with E-state index in [-0.39, 0.29) is 11.9 Å². The van der Waals surface area contributed by atoms with E-state index in [1.165, 1.54) is 0 Å². The third-order valence-electron chi connectivity index (χ3n) is 3.82. The third kappa shape index (κ3) is 3.23. The Balaban J connectivity index is 1.80. The highest BCUT2D eigenvalue weighted by atomic mass is 16.1. The van der Waals surface area contributed by atoms with Crippen LogP contribution in [0.15, 0.2) is 37.3 Å². The van der Waals surface area contributed by atoms with Crippen LogP contribution in [0.2, 0.25) is 0 Å². The van der Waals surface area contributed by atoms with E-state index in [1.807, 2.05) is 23.9 Å². The Morgan fingerprint density at radius 3 is 2.87 bits per heavy atom. The highest BCUT2D eigenvalue weighted by Gasteiger charge is 2.20. The summed E-state index contributed by atoms with van der Waals surface area (Å²) in [5.41, 5.74) is 2.05. The Morgan fingerprint density at radius 2 is 2.17 bits per heavy atom. The molecule has 0 bridgehead atoms. The number of hydrogen-bond donors (Lipinski definition) is 1. The van der Waals surface area contributed by atoms with Gasteiger partial charge in [0.25, 0.3) is 5.91 Å². The van der Waals surface area contributed by atoms with Gasteiger partial charge in [0.2, 0.25) is 0 Å². The monoisotopic (exact) mass is 312 g/mol. The number of amides is 1. The number of imidazole rings is 1. The van der Waals surface area contributed by atoms with Gasteiger partial charge in [-0.3, -0.25) is 4.79 Å². The fraction of sp³-hybridized carbons (Fsp3) is 0.375. The number of nitrogens with zero attached hydrogens (tertiary/aromatic N) is 5. The zero-order chi connectivity index (χ0) is 16.4. The van der Waals surface area contributed by atoms with Crippen molar-refractivity contribution in [2.24, 2.45) is 5.92 Å². The summed E-state index contributed by atoms with van der Waals surface area (Å²) in [6, 6.07) is -0.00269. The van der Waals surface area contributed by atoms with Gasteiger partial charge < -0.3 is 9.88 Å². The highest BCUT2D eigenvalue weighted by molar-refractivity contribution is 5.99. The molecular formula is C16H20N6O. The quantitative estimate of drug-likeness (QED) is 0.778. The summed E-state index contributed by atoms with van der Waals surface area (Å²) in [6.45, 7) is 6.78. The first-order valence-electron chi connectivity index (χ1n) is 7.61. The first kappa shape index (κ1) is 15.2. The molecule has 1 amide bonds. The topological polar surface area (TPSA) is 77.1 Å². The first-order valence-corrected chi connectivity index (χ1v) is 7.61. The second-order valence-corrected chi connectivity index (χ2v) is 6.04. The number of hydrogen-bond acceptors (Lipinski definition) is 4. The molecular weight excluding hydrogens is 292 g/mol. The lowest BCUT2D eigenvalue weighted by molar-refractivity contribution is 0.0922. The van der Waals surface area contributed by atoms with Crippen LogP contribution in [-0.4, -0.2) is 36.1 Å². The normalized spacial score (nSPS) is 12.7. The van der Waals surface area contributed by atoms with Crippen molar-refractivity contribution in [1.29, 1.82) is 0 Å². The SMILES string of the molecule is Cc1cnc2c(C(=O)N[C@H](Cn3ccnc3)C(C)C)cnn2c1. The lowest BCUT2D eigenvalue weighted by Crippen LogP contribution is -2.41. The average Bonchev–Trinajstić information content (AvgIpc) is 3.14.